The molecule has 0 radical (unpaired) electrons. The molecule has 4 heteroatoms. The van der Waals surface area contributed by atoms with Gasteiger partial charge in [-0.3, -0.25) is 0 Å². The molecule has 0 saturated carbocycles. The molecule has 2 unspecified atom stereocenters. The predicted octanol–water partition coefficient (Wildman–Crippen LogP) is 8.57. The number of hydrogen-bond donors (Lipinski definition) is 0. The Hall–Kier alpha value is -3.89. The van der Waals surface area contributed by atoms with Crippen molar-refractivity contribution < 1.29 is 4.74 Å². The average Bonchev–Trinajstić information content (AvgIpc) is 3.33. The first-order chi connectivity index (χ1) is 17.3. The van der Waals surface area contributed by atoms with Crippen molar-refractivity contribution in [2.75, 3.05) is 0 Å². The van der Waals surface area contributed by atoms with Gasteiger partial charge in [0.1, 0.15) is 11.9 Å². The molecule has 176 valence electrons. The molecule has 7 aromatic rings. The standard InChI is InChI=1S/C32H24N2O.BrH/c1-21(32(25-8-3-2-4-9-25)34-20-33-27-12-5-6-13-28(27)34)35-29-19-17-24-15-14-22-10-7-11-23-16-18-26(29)31(24)30(22)23;/h2-21,32H,1H3;1H. The van der Waals surface area contributed by atoms with Gasteiger partial charge >= 0.3 is 0 Å². The molecule has 0 aliphatic rings. The van der Waals surface area contributed by atoms with Gasteiger partial charge in [0.15, 0.2) is 0 Å². The highest BCUT2D eigenvalue weighted by Crippen LogP contribution is 2.40. The van der Waals surface area contributed by atoms with Gasteiger partial charge in [0.25, 0.3) is 0 Å². The van der Waals surface area contributed by atoms with Crippen LogP contribution in [0.25, 0.3) is 43.4 Å². The average molecular weight is 533 g/mol. The molecule has 7 rings (SSSR count). The normalized spacial score (nSPS) is 13.2. The van der Waals surface area contributed by atoms with Crippen molar-refractivity contribution in [1.29, 1.82) is 0 Å². The summed E-state index contributed by atoms with van der Waals surface area (Å²) in [5, 5.41) is 7.50. The summed E-state index contributed by atoms with van der Waals surface area (Å²) in [6.07, 6.45) is 1.81. The second-order valence-electron chi connectivity index (χ2n) is 9.24. The molecule has 0 fully saturated rings. The van der Waals surface area contributed by atoms with Crippen molar-refractivity contribution in [3.05, 3.63) is 121 Å². The molecule has 0 amide bonds. The molecular formula is C32H25BrN2O. The van der Waals surface area contributed by atoms with Gasteiger partial charge in [-0.15, -0.1) is 17.0 Å². The van der Waals surface area contributed by atoms with Crippen LogP contribution in [0.15, 0.2) is 116 Å². The molecule has 0 aliphatic carbocycles. The highest BCUT2D eigenvalue weighted by molar-refractivity contribution is 8.93. The number of imidazole rings is 1. The van der Waals surface area contributed by atoms with E-state index in [1.807, 2.05) is 12.4 Å². The molecule has 1 aromatic heterocycles. The minimum Gasteiger partial charge on any atom is -0.488 e. The highest BCUT2D eigenvalue weighted by atomic mass is 79.9. The topological polar surface area (TPSA) is 27.1 Å². The molecule has 6 aromatic carbocycles. The smallest absolute Gasteiger partial charge is 0.127 e. The zero-order chi connectivity index (χ0) is 23.4. The van der Waals surface area contributed by atoms with E-state index < -0.39 is 0 Å². The first-order valence-corrected chi connectivity index (χ1v) is 12.1. The Labute approximate surface area is 220 Å². The Morgan fingerprint density at radius 3 is 2.14 bits per heavy atom. The van der Waals surface area contributed by atoms with Gasteiger partial charge in [-0.05, 0) is 58.3 Å². The van der Waals surface area contributed by atoms with Crippen molar-refractivity contribution in [3.8, 4) is 5.75 Å². The molecule has 0 saturated heterocycles. The highest BCUT2D eigenvalue weighted by Gasteiger charge is 2.25. The Morgan fingerprint density at radius 2 is 1.33 bits per heavy atom. The fourth-order valence-electron chi connectivity index (χ4n) is 5.58. The molecular weight excluding hydrogens is 508 g/mol. The first kappa shape index (κ1) is 22.6. The van der Waals surface area contributed by atoms with E-state index in [2.05, 4.69) is 120 Å². The van der Waals surface area contributed by atoms with Crippen LogP contribution in [-0.4, -0.2) is 15.7 Å². The summed E-state index contributed by atoms with van der Waals surface area (Å²) in [4.78, 5) is 4.67. The summed E-state index contributed by atoms with van der Waals surface area (Å²) in [6, 6.07) is 38.5. The van der Waals surface area contributed by atoms with Crippen molar-refractivity contribution in [3.63, 3.8) is 0 Å². The van der Waals surface area contributed by atoms with Crippen molar-refractivity contribution >= 4 is 60.3 Å². The number of nitrogens with zero attached hydrogens (tertiary/aromatic N) is 2. The minimum atomic E-state index is -0.131. The Bertz CT molecular complexity index is 1790. The van der Waals surface area contributed by atoms with Crippen LogP contribution in [0.1, 0.15) is 18.5 Å². The summed E-state index contributed by atoms with van der Waals surface area (Å²) < 4.78 is 9.05. The van der Waals surface area contributed by atoms with E-state index in [4.69, 9.17) is 4.74 Å². The Kier molecular flexibility index (Phi) is 5.62. The lowest BCUT2D eigenvalue weighted by atomic mass is 9.94. The van der Waals surface area contributed by atoms with Crippen LogP contribution in [0.4, 0.5) is 0 Å². The monoisotopic (exact) mass is 532 g/mol. The van der Waals surface area contributed by atoms with Crippen LogP contribution < -0.4 is 4.74 Å². The summed E-state index contributed by atoms with van der Waals surface area (Å²) in [7, 11) is 0. The van der Waals surface area contributed by atoms with Crippen LogP contribution >= 0.6 is 17.0 Å². The summed E-state index contributed by atoms with van der Waals surface area (Å²) in [5.41, 5.74) is 3.29. The lowest BCUT2D eigenvalue weighted by Gasteiger charge is -2.28. The van der Waals surface area contributed by atoms with Gasteiger partial charge < -0.3 is 9.30 Å². The van der Waals surface area contributed by atoms with Crippen LogP contribution in [-0.2, 0) is 0 Å². The van der Waals surface area contributed by atoms with Crippen LogP contribution in [0.3, 0.4) is 0 Å². The lowest BCUT2D eigenvalue weighted by Crippen LogP contribution is -2.27. The molecule has 0 N–H and O–H groups in total. The maximum atomic E-state index is 6.81. The zero-order valence-corrected chi connectivity index (χ0v) is 21.5. The van der Waals surface area contributed by atoms with Gasteiger partial charge in [0.05, 0.1) is 23.4 Å². The largest absolute Gasteiger partial charge is 0.488 e. The van der Waals surface area contributed by atoms with Gasteiger partial charge in [-0.25, -0.2) is 4.98 Å². The minimum absolute atomic E-state index is 0. The maximum absolute atomic E-state index is 6.81. The predicted molar refractivity (Wildman–Crippen MR) is 155 cm³/mol. The van der Waals surface area contributed by atoms with Gasteiger partial charge in [-0.2, -0.15) is 0 Å². The fraction of sp³-hybridized carbons (Fsp3) is 0.0938. The number of ether oxygens (including phenoxy) is 1. The molecule has 1 heterocycles. The van der Waals surface area contributed by atoms with Gasteiger partial charge in [-0.1, -0.05) is 84.9 Å². The third-order valence-electron chi connectivity index (χ3n) is 7.17. The number of para-hydroxylation sites is 2. The second kappa shape index (κ2) is 8.96. The summed E-state index contributed by atoms with van der Waals surface area (Å²) in [5.74, 6) is 0.911. The molecule has 36 heavy (non-hydrogen) atoms. The fourth-order valence-corrected chi connectivity index (χ4v) is 5.58. The van der Waals surface area contributed by atoms with E-state index in [-0.39, 0.29) is 29.1 Å². The summed E-state index contributed by atoms with van der Waals surface area (Å²) in [6.45, 7) is 2.16. The van der Waals surface area contributed by atoms with Crippen molar-refractivity contribution in [2.45, 2.75) is 19.1 Å². The number of benzene rings is 6. The molecule has 0 bridgehead atoms. The molecule has 3 nitrogen and oxygen atoms in total. The number of rotatable bonds is 5. The van der Waals surface area contributed by atoms with Crippen molar-refractivity contribution in [2.24, 2.45) is 0 Å². The van der Waals surface area contributed by atoms with Gasteiger partial charge in [0.2, 0.25) is 0 Å². The second-order valence-corrected chi connectivity index (χ2v) is 9.24. The van der Waals surface area contributed by atoms with E-state index in [9.17, 15) is 0 Å². The van der Waals surface area contributed by atoms with E-state index >= 15 is 0 Å². The number of hydrogen-bond acceptors (Lipinski definition) is 2. The third-order valence-corrected chi connectivity index (χ3v) is 7.17. The third kappa shape index (κ3) is 3.52. The van der Waals surface area contributed by atoms with E-state index in [1.54, 1.807) is 0 Å². The van der Waals surface area contributed by atoms with E-state index in [0.717, 1.165) is 22.2 Å². The van der Waals surface area contributed by atoms with Crippen LogP contribution in [0, 0.1) is 0 Å². The van der Waals surface area contributed by atoms with Gasteiger partial charge in [0, 0.05) is 10.8 Å². The molecule has 0 aliphatic heterocycles. The number of halogens is 1. The summed E-state index contributed by atoms with van der Waals surface area (Å²) >= 11 is 0. The SMILES string of the molecule is Br.CC(Oc1ccc2ccc3cccc4ccc1c2c34)C(c1ccccc1)n1cnc2ccccc21. The van der Waals surface area contributed by atoms with Crippen molar-refractivity contribution in [1.82, 2.24) is 9.55 Å². The molecule has 2 atom stereocenters. The van der Waals surface area contributed by atoms with Crippen LogP contribution in [0.2, 0.25) is 0 Å². The first-order valence-electron chi connectivity index (χ1n) is 12.1. The Balaban J connectivity index is 0.00000240. The molecule has 0 spiro atoms. The van der Waals surface area contributed by atoms with E-state index in [0.29, 0.717) is 0 Å². The zero-order valence-electron chi connectivity index (χ0n) is 19.8. The van der Waals surface area contributed by atoms with Crippen LogP contribution in [0.5, 0.6) is 5.75 Å². The number of aromatic nitrogens is 2. The Morgan fingerprint density at radius 1 is 0.667 bits per heavy atom. The quantitative estimate of drug-likeness (QED) is 0.207. The maximum Gasteiger partial charge on any atom is 0.127 e. The van der Waals surface area contributed by atoms with E-state index in [1.165, 1.54) is 32.5 Å². The number of fused-ring (bicyclic) bond motifs is 1. The lowest BCUT2D eigenvalue weighted by molar-refractivity contribution is 0.178.